The average Bonchev–Trinajstić information content (AvgIpc) is 3.26. The Morgan fingerprint density at radius 3 is 2.26 bits per heavy atom. The molecule has 0 radical (unpaired) electrons. The van der Waals surface area contributed by atoms with Crippen LogP contribution in [0.25, 0.3) is 0 Å². The number of carbonyl (C=O) groups excluding carboxylic acids is 2. The summed E-state index contributed by atoms with van der Waals surface area (Å²) in [5.41, 5.74) is 0.563. The number of nitrogens with zero attached hydrogens (tertiary/aromatic N) is 1. The smallest absolute Gasteiger partial charge is 0.322 e. The van der Waals surface area contributed by atoms with Gasteiger partial charge in [0.2, 0.25) is 0 Å². The second-order valence-corrected chi connectivity index (χ2v) is 9.31. The van der Waals surface area contributed by atoms with Crippen molar-refractivity contribution < 1.29 is 27.5 Å². The lowest BCUT2D eigenvalue weighted by Gasteiger charge is -2.25. The molecule has 0 unspecified atom stereocenters. The number of carbonyl (C=O) groups is 2. The maximum Gasteiger partial charge on any atom is 0.322 e. The van der Waals surface area contributed by atoms with E-state index in [0.29, 0.717) is 12.1 Å². The van der Waals surface area contributed by atoms with E-state index in [1.807, 2.05) is 0 Å². The quantitative estimate of drug-likeness (QED) is 0.276. The molecular formula is C20H27N3O6S2. The zero-order chi connectivity index (χ0) is 22.9. The van der Waals surface area contributed by atoms with Gasteiger partial charge in [-0.3, -0.25) is 14.3 Å². The molecule has 1 aromatic carbocycles. The van der Waals surface area contributed by atoms with Gasteiger partial charge in [-0.15, -0.1) is 11.3 Å². The minimum atomic E-state index is -3.78. The summed E-state index contributed by atoms with van der Waals surface area (Å²) in [7, 11) is -1.34. The first kappa shape index (κ1) is 24.6. The molecule has 2 N–H and O–H groups in total. The van der Waals surface area contributed by atoms with Gasteiger partial charge in [-0.2, -0.15) is 0 Å². The summed E-state index contributed by atoms with van der Waals surface area (Å²) in [6, 6.07) is 5.46. The van der Waals surface area contributed by atoms with Gasteiger partial charge in [-0.1, -0.05) is 26.2 Å². The summed E-state index contributed by atoms with van der Waals surface area (Å²) >= 11 is 1.18. The number of esters is 2. The number of thiazole rings is 1. The Labute approximate surface area is 186 Å². The Morgan fingerprint density at radius 1 is 1.10 bits per heavy atom. The molecule has 2 rings (SSSR count). The molecule has 0 saturated carbocycles. The van der Waals surface area contributed by atoms with Crippen molar-refractivity contribution in [2.75, 3.05) is 24.3 Å². The van der Waals surface area contributed by atoms with Crippen LogP contribution in [0.5, 0.6) is 0 Å². The second kappa shape index (κ2) is 11.7. The lowest BCUT2D eigenvalue weighted by molar-refractivity contribution is -0.159. The summed E-state index contributed by atoms with van der Waals surface area (Å²) in [5, 5.41) is 5.11. The van der Waals surface area contributed by atoms with E-state index in [4.69, 9.17) is 9.47 Å². The summed E-state index contributed by atoms with van der Waals surface area (Å²) in [6.45, 7) is 2.06. The molecule has 11 heteroatoms. The normalized spacial score (nSPS) is 12.3. The van der Waals surface area contributed by atoms with Crippen molar-refractivity contribution in [2.45, 2.75) is 43.5 Å². The summed E-state index contributed by atoms with van der Waals surface area (Å²) < 4.78 is 37.0. The molecule has 0 amide bonds. The lowest BCUT2D eigenvalue weighted by atomic mass is 9.94. The van der Waals surface area contributed by atoms with Crippen LogP contribution in [-0.4, -0.2) is 45.6 Å². The standard InChI is InChI=1S/C20H27N3O6S2/c1-4-5-6-7-16(17(18(24)28-2)19(25)29-3)22-14-8-10-15(11-9-14)31(26,27)23-20-21-12-13-30-20/h8-13,16-17,22H,4-7H2,1-3H3,(H,21,23)/t16-/m0/s1. The third kappa shape index (κ3) is 6.93. The molecule has 1 aromatic heterocycles. The van der Waals surface area contributed by atoms with Crippen molar-refractivity contribution in [2.24, 2.45) is 5.92 Å². The fourth-order valence-electron chi connectivity index (χ4n) is 3.01. The second-order valence-electron chi connectivity index (χ2n) is 6.74. The summed E-state index contributed by atoms with van der Waals surface area (Å²) in [6.07, 6.45) is 4.75. The van der Waals surface area contributed by atoms with E-state index < -0.39 is 33.9 Å². The molecule has 0 aliphatic heterocycles. The molecule has 170 valence electrons. The fraction of sp³-hybridized carbons (Fsp3) is 0.450. The van der Waals surface area contributed by atoms with Gasteiger partial charge in [-0.05, 0) is 30.7 Å². The molecule has 0 bridgehead atoms. The number of anilines is 2. The first-order valence-electron chi connectivity index (χ1n) is 9.77. The van der Waals surface area contributed by atoms with E-state index in [1.165, 1.54) is 43.9 Å². The van der Waals surface area contributed by atoms with E-state index in [1.54, 1.807) is 17.5 Å². The Balaban J connectivity index is 2.21. The highest BCUT2D eigenvalue weighted by Gasteiger charge is 2.36. The van der Waals surface area contributed by atoms with Gasteiger partial charge in [-0.25, -0.2) is 13.4 Å². The van der Waals surface area contributed by atoms with Crippen LogP contribution in [0.3, 0.4) is 0 Å². The monoisotopic (exact) mass is 469 g/mol. The molecule has 1 atom stereocenters. The van der Waals surface area contributed by atoms with E-state index in [0.717, 1.165) is 19.3 Å². The maximum atomic E-state index is 12.5. The maximum absolute atomic E-state index is 12.5. The van der Waals surface area contributed by atoms with Gasteiger partial charge in [0.25, 0.3) is 10.0 Å². The summed E-state index contributed by atoms with van der Waals surface area (Å²) in [5.74, 6) is -2.51. The number of hydrogen-bond donors (Lipinski definition) is 2. The number of nitrogens with one attached hydrogen (secondary N) is 2. The van der Waals surface area contributed by atoms with Gasteiger partial charge < -0.3 is 14.8 Å². The van der Waals surface area contributed by atoms with Gasteiger partial charge in [0.1, 0.15) is 0 Å². The van der Waals surface area contributed by atoms with Crippen molar-refractivity contribution in [3.05, 3.63) is 35.8 Å². The molecule has 9 nitrogen and oxygen atoms in total. The third-order valence-corrected chi connectivity index (χ3v) is 6.77. The lowest BCUT2D eigenvalue weighted by Crippen LogP contribution is -2.41. The molecule has 1 heterocycles. The number of aromatic nitrogens is 1. The number of sulfonamides is 1. The van der Waals surface area contributed by atoms with Gasteiger partial charge in [0, 0.05) is 17.3 Å². The molecule has 0 aliphatic carbocycles. The van der Waals surface area contributed by atoms with E-state index in [9.17, 15) is 18.0 Å². The fourth-order valence-corrected chi connectivity index (χ4v) is 4.80. The molecule has 31 heavy (non-hydrogen) atoms. The topological polar surface area (TPSA) is 124 Å². The predicted octanol–water partition coefficient (Wildman–Crippen LogP) is 3.27. The average molecular weight is 470 g/mol. The van der Waals surface area contributed by atoms with Crippen LogP contribution in [0.4, 0.5) is 10.8 Å². The Hall–Kier alpha value is -2.66. The van der Waals surface area contributed by atoms with Crippen molar-refractivity contribution in [1.29, 1.82) is 0 Å². The first-order chi connectivity index (χ1) is 14.8. The zero-order valence-corrected chi connectivity index (χ0v) is 19.3. The molecule has 0 saturated heterocycles. The molecule has 0 spiro atoms. The van der Waals surface area contributed by atoms with Gasteiger partial charge in [0.15, 0.2) is 11.0 Å². The highest BCUT2D eigenvalue weighted by Crippen LogP contribution is 2.23. The van der Waals surface area contributed by atoms with Crippen LogP contribution in [-0.2, 0) is 29.1 Å². The van der Waals surface area contributed by atoms with Crippen LogP contribution >= 0.6 is 11.3 Å². The van der Waals surface area contributed by atoms with E-state index in [2.05, 4.69) is 21.9 Å². The van der Waals surface area contributed by atoms with Crippen molar-refractivity contribution in [3.8, 4) is 0 Å². The molecular weight excluding hydrogens is 442 g/mol. The minimum absolute atomic E-state index is 0.0632. The Morgan fingerprint density at radius 2 is 1.74 bits per heavy atom. The van der Waals surface area contributed by atoms with E-state index >= 15 is 0 Å². The van der Waals surface area contributed by atoms with Crippen molar-refractivity contribution in [1.82, 2.24) is 4.98 Å². The van der Waals surface area contributed by atoms with Crippen LogP contribution in [0.1, 0.15) is 32.6 Å². The SMILES string of the molecule is CCCCC[C@H](Nc1ccc(S(=O)(=O)Nc2nccs2)cc1)C(C(=O)OC)C(=O)OC. The third-order valence-electron chi connectivity index (χ3n) is 4.60. The van der Waals surface area contributed by atoms with Gasteiger partial charge >= 0.3 is 11.9 Å². The summed E-state index contributed by atoms with van der Waals surface area (Å²) in [4.78, 5) is 28.5. The van der Waals surface area contributed by atoms with Crippen LogP contribution in [0.15, 0.2) is 40.7 Å². The Kier molecular flexibility index (Phi) is 9.25. The Bertz CT molecular complexity index is 930. The van der Waals surface area contributed by atoms with Crippen molar-refractivity contribution >= 4 is 44.1 Å². The molecule has 2 aromatic rings. The molecule has 0 aliphatic rings. The number of benzene rings is 1. The highest BCUT2D eigenvalue weighted by molar-refractivity contribution is 7.93. The van der Waals surface area contributed by atoms with Gasteiger partial charge in [0.05, 0.1) is 25.2 Å². The minimum Gasteiger partial charge on any atom is -0.468 e. The predicted molar refractivity (Wildman–Crippen MR) is 118 cm³/mol. The largest absolute Gasteiger partial charge is 0.468 e. The van der Waals surface area contributed by atoms with Crippen molar-refractivity contribution in [3.63, 3.8) is 0 Å². The highest BCUT2D eigenvalue weighted by atomic mass is 32.2. The van der Waals surface area contributed by atoms with Crippen LogP contribution in [0, 0.1) is 5.92 Å². The number of ether oxygens (including phenoxy) is 2. The number of unbranched alkanes of at least 4 members (excludes halogenated alkanes) is 2. The number of methoxy groups -OCH3 is 2. The zero-order valence-electron chi connectivity index (χ0n) is 17.7. The van der Waals surface area contributed by atoms with E-state index in [-0.39, 0.29) is 10.0 Å². The first-order valence-corrected chi connectivity index (χ1v) is 12.1. The number of rotatable bonds is 12. The number of hydrogen-bond acceptors (Lipinski definition) is 9. The van der Waals surface area contributed by atoms with Crippen LogP contribution < -0.4 is 10.0 Å². The van der Waals surface area contributed by atoms with Crippen LogP contribution in [0.2, 0.25) is 0 Å². The molecule has 0 fully saturated rings.